The van der Waals surface area contributed by atoms with Gasteiger partial charge >= 0.3 is 0 Å². The van der Waals surface area contributed by atoms with Crippen molar-refractivity contribution in [2.24, 2.45) is 17.4 Å². The van der Waals surface area contributed by atoms with Gasteiger partial charge in [0.1, 0.15) is 0 Å². The normalized spacial score (nSPS) is 8.67. The molecular weight excluding hydrogens is 156 g/mol. The second-order valence-electron chi connectivity index (χ2n) is 3.01. The Bertz CT molecular complexity index is 140. The van der Waals surface area contributed by atoms with Gasteiger partial charge in [0.2, 0.25) is 11.8 Å². The molecule has 0 rings (SSSR count). The molecule has 0 aromatic rings. The number of primary amides is 2. The minimum absolute atomic E-state index is 0.196. The highest BCUT2D eigenvalue weighted by atomic mass is 16.1. The van der Waals surface area contributed by atoms with E-state index in [-0.39, 0.29) is 11.8 Å². The van der Waals surface area contributed by atoms with Crippen LogP contribution in [0.5, 0.6) is 0 Å². The number of hydrogen-bond donors (Lipinski definition) is 2. The molecule has 0 aromatic carbocycles. The molecule has 12 heavy (non-hydrogen) atoms. The van der Waals surface area contributed by atoms with Crippen LogP contribution in [0.3, 0.4) is 0 Å². The van der Waals surface area contributed by atoms with Crippen LogP contribution < -0.4 is 11.5 Å². The highest BCUT2D eigenvalue weighted by molar-refractivity contribution is 5.73. The van der Waals surface area contributed by atoms with Gasteiger partial charge in [-0.05, 0) is 12.3 Å². The maximum atomic E-state index is 10.1. The average Bonchev–Trinajstić information content (AvgIpc) is 1.82. The highest BCUT2D eigenvalue weighted by Crippen LogP contribution is 2.01. The van der Waals surface area contributed by atoms with E-state index in [4.69, 9.17) is 5.73 Å². The molecule has 0 fully saturated rings. The smallest absolute Gasteiger partial charge is 0.217 e. The SMILES string of the molecule is CC(C)CCC(N)=O.CC(N)=O. The number of nitrogens with two attached hydrogens (primary N) is 2. The van der Waals surface area contributed by atoms with Gasteiger partial charge in [-0.1, -0.05) is 13.8 Å². The van der Waals surface area contributed by atoms with Gasteiger partial charge in [-0.3, -0.25) is 9.59 Å². The van der Waals surface area contributed by atoms with Crippen molar-refractivity contribution >= 4 is 11.8 Å². The third-order valence-corrected chi connectivity index (χ3v) is 0.968. The molecule has 4 heteroatoms. The zero-order valence-electron chi connectivity index (χ0n) is 7.96. The molecule has 0 aliphatic carbocycles. The van der Waals surface area contributed by atoms with E-state index in [0.717, 1.165) is 6.42 Å². The van der Waals surface area contributed by atoms with Gasteiger partial charge in [0.15, 0.2) is 0 Å². The fraction of sp³-hybridized carbons (Fsp3) is 0.750. The van der Waals surface area contributed by atoms with Crippen molar-refractivity contribution in [3.63, 3.8) is 0 Å². The van der Waals surface area contributed by atoms with Gasteiger partial charge < -0.3 is 11.5 Å². The molecule has 72 valence electrons. The third-order valence-electron chi connectivity index (χ3n) is 0.968. The summed E-state index contributed by atoms with van der Waals surface area (Å²) in [5.41, 5.74) is 9.37. The third kappa shape index (κ3) is 36.3. The van der Waals surface area contributed by atoms with E-state index in [1.165, 1.54) is 6.92 Å². The summed E-state index contributed by atoms with van der Waals surface area (Å²) >= 11 is 0. The molecule has 2 amide bonds. The summed E-state index contributed by atoms with van der Waals surface area (Å²) in [5, 5.41) is 0. The molecule has 4 N–H and O–H groups in total. The molecule has 0 unspecified atom stereocenters. The Morgan fingerprint density at radius 3 is 1.67 bits per heavy atom. The topological polar surface area (TPSA) is 86.2 Å². The van der Waals surface area contributed by atoms with Crippen LogP contribution in [0.15, 0.2) is 0 Å². The summed E-state index contributed by atoms with van der Waals surface area (Å²) in [6.07, 6.45) is 1.44. The van der Waals surface area contributed by atoms with E-state index in [2.05, 4.69) is 19.6 Å². The Labute approximate surface area is 73.3 Å². The maximum absolute atomic E-state index is 10.1. The summed E-state index contributed by atoms with van der Waals surface area (Å²) in [6.45, 7) is 5.45. The second-order valence-corrected chi connectivity index (χ2v) is 3.01. The monoisotopic (exact) mass is 174 g/mol. The van der Waals surface area contributed by atoms with Crippen LogP contribution in [-0.2, 0) is 9.59 Å². The standard InChI is InChI=1S/C6H13NO.C2H5NO/c1-5(2)3-4-6(7)8;1-2(3)4/h5H,3-4H2,1-2H3,(H2,7,8);1H3,(H2,3,4). The Hall–Kier alpha value is -1.06. The van der Waals surface area contributed by atoms with Crippen LogP contribution in [0.1, 0.15) is 33.6 Å². The van der Waals surface area contributed by atoms with E-state index in [1.807, 2.05) is 0 Å². The summed E-state index contributed by atoms with van der Waals surface area (Å²) in [7, 11) is 0. The Kier molecular flexibility index (Phi) is 9.06. The average molecular weight is 174 g/mol. The van der Waals surface area contributed by atoms with Crippen LogP contribution in [-0.4, -0.2) is 11.8 Å². The number of amides is 2. The zero-order valence-corrected chi connectivity index (χ0v) is 7.96. The van der Waals surface area contributed by atoms with Gasteiger partial charge in [-0.2, -0.15) is 0 Å². The molecule has 0 heterocycles. The zero-order chi connectivity index (χ0) is 10.1. The number of carbonyl (C=O) groups excluding carboxylic acids is 2. The lowest BCUT2D eigenvalue weighted by molar-refractivity contribution is -0.118. The van der Waals surface area contributed by atoms with Crippen molar-refractivity contribution in [2.45, 2.75) is 33.6 Å². The second kappa shape index (κ2) is 8.04. The Morgan fingerprint density at radius 1 is 1.25 bits per heavy atom. The van der Waals surface area contributed by atoms with Crippen molar-refractivity contribution in [2.75, 3.05) is 0 Å². The van der Waals surface area contributed by atoms with Gasteiger partial charge in [-0.25, -0.2) is 0 Å². The van der Waals surface area contributed by atoms with Crippen LogP contribution >= 0.6 is 0 Å². The molecule has 0 aromatic heterocycles. The molecule has 0 saturated heterocycles. The Balaban J connectivity index is 0. The molecular formula is C8H18N2O2. The molecule has 0 radical (unpaired) electrons. The molecule has 0 aliphatic rings. The van der Waals surface area contributed by atoms with Crippen molar-refractivity contribution in [1.82, 2.24) is 0 Å². The van der Waals surface area contributed by atoms with Crippen molar-refractivity contribution in [3.05, 3.63) is 0 Å². The van der Waals surface area contributed by atoms with E-state index in [1.54, 1.807) is 0 Å². The molecule has 0 spiro atoms. The lowest BCUT2D eigenvalue weighted by atomic mass is 10.1. The quantitative estimate of drug-likeness (QED) is 0.648. The van der Waals surface area contributed by atoms with E-state index >= 15 is 0 Å². The van der Waals surface area contributed by atoms with Gasteiger partial charge in [0.25, 0.3) is 0 Å². The largest absolute Gasteiger partial charge is 0.370 e. The predicted octanol–water partition coefficient (Wildman–Crippen LogP) is 0.399. The number of hydrogen-bond acceptors (Lipinski definition) is 2. The number of carbonyl (C=O) groups is 2. The first kappa shape index (κ1) is 13.5. The van der Waals surface area contributed by atoms with Crippen LogP contribution in [0, 0.1) is 5.92 Å². The molecule has 0 aliphatic heterocycles. The summed E-state index contributed by atoms with van der Waals surface area (Å²) in [4.78, 5) is 19.3. The van der Waals surface area contributed by atoms with Crippen LogP contribution in [0.25, 0.3) is 0 Å². The molecule has 0 atom stereocenters. The lowest BCUT2D eigenvalue weighted by Gasteiger charge is -1.98. The maximum Gasteiger partial charge on any atom is 0.217 e. The van der Waals surface area contributed by atoms with Crippen molar-refractivity contribution < 1.29 is 9.59 Å². The fourth-order valence-corrected chi connectivity index (χ4v) is 0.431. The van der Waals surface area contributed by atoms with Crippen LogP contribution in [0.4, 0.5) is 0 Å². The summed E-state index contributed by atoms with van der Waals surface area (Å²) < 4.78 is 0. The van der Waals surface area contributed by atoms with Gasteiger partial charge in [0, 0.05) is 13.3 Å². The molecule has 0 saturated carbocycles. The molecule has 0 bridgehead atoms. The minimum Gasteiger partial charge on any atom is -0.370 e. The summed E-state index contributed by atoms with van der Waals surface area (Å²) in [5.74, 6) is 0.0567. The predicted molar refractivity (Wildman–Crippen MR) is 48.1 cm³/mol. The first-order valence-corrected chi connectivity index (χ1v) is 3.90. The highest BCUT2D eigenvalue weighted by Gasteiger charge is 1.96. The van der Waals surface area contributed by atoms with Gasteiger partial charge in [0.05, 0.1) is 0 Å². The number of rotatable bonds is 3. The van der Waals surface area contributed by atoms with Crippen LogP contribution in [0.2, 0.25) is 0 Å². The van der Waals surface area contributed by atoms with E-state index in [9.17, 15) is 9.59 Å². The van der Waals surface area contributed by atoms with E-state index in [0.29, 0.717) is 12.3 Å². The lowest BCUT2D eigenvalue weighted by Crippen LogP contribution is -2.10. The Morgan fingerprint density at radius 2 is 1.58 bits per heavy atom. The molecule has 4 nitrogen and oxygen atoms in total. The fourth-order valence-electron chi connectivity index (χ4n) is 0.431. The van der Waals surface area contributed by atoms with E-state index < -0.39 is 0 Å². The first-order chi connectivity index (χ1) is 5.36. The van der Waals surface area contributed by atoms with Gasteiger partial charge in [-0.15, -0.1) is 0 Å². The first-order valence-electron chi connectivity index (χ1n) is 3.90. The minimum atomic E-state index is -0.333. The van der Waals surface area contributed by atoms with Crippen molar-refractivity contribution in [1.29, 1.82) is 0 Å². The van der Waals surface area contributed by atoms with Crippen molar-refractivity contribution in [3.8, 4) is 0 Å². The summed E-state index contributed by atoms with van der Waals surface area (Å²) in [6, 6.07) is 0.